The summed E-state index contributed by atoms with van der Waals surface area (Å²) in [6.07, 6.45) is 1.06. The Hall–Kier alpha value is -3.02. The van der Waals surface area contributed by atoms with E-state index >= 15 is 0 Å². The number of carbonyl (C=O) groups is 2. The molecule has 6 heteroatoms. The summed E-state index contributed by atoms with van der Waals surface area (Å²) in [5, 5.41) is 2.82. The first-order valence-electron chi connectivity index (χ1n) is 9.14. The number of nitrogens with one attached hydrogen (secondary N) is 1. The third-order valence-corrected chi connectivity index (χ3v) is 4.51. The van der Waals surface area contributed by atoms with E-state index in [0.29, 0.717) is 28.3 Å². The van der Waals surface area contributed by atoms with Gasteiger partial charge in [0.05, 0.1) is 5.69 Å². The van der Waals surface area contributed by atoms with Crippen LogP contribution in [0.25, 0.3) is 0 Å². The number of benzene rings is 2. The summed E-state index contributed by atoms with van der Waals surface area (Å²) < 4.78 is 10.7. The van der Waals surface area contributed by atoms with Gasteiger partial charge in [0.15, 0.2) is 17.3 Å². The Balaban J connectivity index is 1.80. The lowest BCUT2D eigenvalue weighted by molar-refractivity contribution is 0.101. The molecule has 0 fully saturated rings. The Bertz CT molecular complexity index is 846. The second-order valence-electron chi connectivity index (χ2n) is 6.39. The summed E-state index contributed by atoms with van der Waals surface area (Å²) in [6.45, 7) is 7.70. The van der Waals surface area contributed by atoms with E-state index in [4.69, 9.17) is 9.47 Å². The molecule has 2 aromatic carbocycles. The van der Waals surface area contributed by atoms with Crippen molar-refractivity contribution in [3.05, 3.63) is 47.5 Å². The topological polar surface area (TPSA) is 67.9 Å². The minimum Gasteiger partial charge on any atom is -0.454 e. The molecule has 27 heavy (non-hydrogen) atoms. The van der Waals surface area contributed by atoms with Crippen LogP contribution in [0.5, 0.6) is 11.5 Å². The number of Topliss-reactive ketones (excluding diaryl/α,β-unsaturated/α-hetero) is 1. The minimum absolute atomic E-state index is 0.108. The molecule has 3 rings (SSSR count). The third-order valence-electron chi connectivity index (χ3n) is 4.51. The van der Waals surface area contributed by atoms with E-state index in [-0.39, 0.29) is 18.5 Å². The maximum Gasteiger partial charge on any atom is 0.255 e. The predicted molar refractivity (Wildman–Crippen MR) is 105 cm³/mol. The Morgan fingerprint density at radius 2 is 1.74 bits per heavy atom. The maximum atomic E-state index is 12.7. The van der Waals surface area contributed by atoms with Gasteiger partial charge in [-0.25, -0.2) is 0 Å². The molecule has 0 bridgehead atoms. The molecule has 2 aromatic rings. The number of hydrogen-bond acceptors (Lipinski definition) is 5. The lowest BCUT2D eigenvalue weighted by Crippen LogP contribution is -2.23. The molecule has 1 heterocycles. The first kappa shape index (κ1) is 18.8. The van der Waals surface area contributed by atoms with Crippen LogP contribution in [-0.2, 0) is 0 Å². The van der Waals surface area contributed by atoms with E-state index in [2.05, 4.69) is 24.1 Å². The second-order valence-corrected chi connectivity index (χ2v) is 6.39. The van der Waals surface area contributed by atoms with Crippen molar-refractivity contribution in [3.8, 4) is 11.5 Å². The number of anilines is 2. The second kappa shape index (κ2) is 8.12. The molecule has 142 valence electrons. The molecule has 6 nitrogen and oxygen atoms in total. The highest BCUT2D eigenvalue weighted by Gasteiger charge is 2.20. The molecule has 1 aliphatic heterocycles. The molecule has 0 unspecified atom stereocenters. The molecule has 1 N–H and O–H groups in total. The number of amides is 1. The minimum atomic E-state index is -0.276. The zero-order valence-electron chi connectivity index (χ0n) is 15.9. The van der Waals surface area contributed by atoms with Gasteiger partial charge in [0, 0.05) is 36.0 Å². The largest absolute Gasteiger partial charge is 0.454 e. The van der Waals surface area contributed by atoms with E-state index in [1.807, 2.05) is 12.1 Å². The van der Waals surface area contributed by atoms with Crippen molar-refractivity contribution in [2.45, 2.75) is 27.2 Å². The molecule has 0 radical (unpaired) electrons. The lowest BCUT2D eigenvalue weighted by Gasteiger charge is -2.22. The fraction of sp³-hybridized carbons (Fsp3) is 0.333. The third kappa shape index (κ3) is 4.05. The normalized spacial score (nSPS) is 12.0. The first-order chi connectivity index (χ1) is 13.0. The van der Waals surface area contributed by atoms with Crippen LogP contribution in [0.2, 0.25) is 0 Å². The molecule has 0 aromatic heterocycles. The van der Waals surface area contributed by atoms with Crippen LogP contribution in [0.15, 0.2) is 36.4 Å². The fourth-order valence-electron chi connectivity index (χ4n) is 3.09. The van der Waals surface area contributed by atoms with Gasteiger partial charge >= 0.3 is 0 Å². The van der Waals surface area contributed by atoms with E-state index in [1.165, 1.54) is 6.92 Å². The molecule has 1 amide bonds. The average Bonchev–Trinajstić information content (AvgIpc) is 3.13. The molecular formula is C21H24N2O4. The van der Waals surface area contributed by atoms with Gasteiger partial charge in [-0.15, -0.1) is 0 Å². The number of ether oxygens (including phenoxy) is 2. The van der Waals surface area contributed by atoms with Crippen molar-refractivity contribution in [2.75, 3.05) is 30.1 Å². The van der Waals surface area contributed by atoms with Crippen LogP contribution < -0.4 is 19.7 Å². The predicted octanol–water partition coefficient (Wildman–Crippen LogP) is 4.11. The molecule has 0 atom stereocenters. The van der Waals surface area contributed by atoms with Crippen LogP contribution in [0.4, 0.5) is 11.4 Å². The smallest absolute Gasteiger partial charge is 0.255 e. The molecular weight excluding hydrogens is 344 g/mol. The van der Waals surface area contributed by atoms with Crippen molar-refractivity contribution in [3.63, 3.8) is 0 Å². The summed E-state index contributed by atoms with van der Waals surface area (Å²) in [7, 11) is 0. The van der Waals surface area contributed by atoms with Gasteiger partial charge in [0.25, 0.3) is 5.91 Å². The first-order valence-corrected chi connectivity index (χ1v) is 9.14. The van der Waals surface area contributed by atoms with Crippen molar-refractivity contribution < 1.29 is 19.1 Å². The summed E-state index contributed by atoms with van der Waals surface area (Å²) in [4.78, 5) is 26.9. The highest BCUT2D eigenvalue weighted by Crippen LogP contribution is 2.37. The summed E-state index contributed by atoms with van der Waals surface area (Å²) in [5.41, 5.74) is 2.42. The number of carbonyl (C=O) groups excluding carboxylic acids is 2. The standard InChI is InChI=1S/C21H24N2O4/c1-4-10-23(5-2)16-8-6-15(7-9-16)21(25)22-18-12-20-19(26-13-27-20)11-17(18)14(3)24/h6-9,11-12H,4-5,10,13H2,1-3H3,(H,22,25). The van der Waals surface area contributed by atoms with E-state index in [9.17, 15) is 9.59 Å². The summed E-state index contributed by atoms with van der Waals surface area (Å²) in [6, 6.07) is 10.7. The van der Waals surface area contributed by atoms with Gasteiger partial charge < -0.3 is 19.7 Å². The fourth-order valence-corrected chi connectivity index (χ4v) is 3.09. The number of hydrogen-bond donors (Lipinski definition) is 1. The summed E-state index contributed by atoms with van der Waals surface area (Å²) in [5.74, 6) is 0.598. The quantitative estimate of drug-likeness (QED) is 0.745. The monoisotopic (exact) mass is 368 g/mol. The number of nitrogens with zero attached hydrogens (tertiary/aromatic N) is 1. The molecule has 0 spiro atoms. The Kier molecular flexibility index (Phi) is 5.64. The zero-order chi connectivity index (χ0) is 19.4. The van der Waals surface area contributed by atoms with Gasteiger partial charge in [-0.05, 0) is 50.6 Å². The van der Waals surface area contributed by atoms with Gasteiger partial charge in [-0.1, -0.05) is 6.92 Å². The molecule has 0 saturated heterocycles. The van der Waals surface area contributed by atoms with Gasteiger partial charge in [0.1, 0.15) is 0 Å². The SMILES string of the molecule is CCCN(CC)c1ccc(C(=O)Nc2cc3c(cc2C(C)=O)OCO3)cc1. The van der Waals surface area contributed by atoms with Crippen molar-refractivity contribution in [2.24, 2.45) is 0 Å². The van der Waals surface area contributed by atoms with Gasteiger partial charge in [-0.3, -0.25) is 9.59 Å². The number of rotatable bonds is 7. The Morgan fingerprint density at radius 1 is 1.07 bits per heavy atom. The number of ketones is 1. The van der Waals surface area contributed by atoms with Crippen molar-refractivity contribution in [1.82, 2.24) is 0 Å². The number of fused-ring (bicyclic) bond motifs is 1. The highest BCUT2D eigenvalue weighted by atomic mass is 16.7. The van der Waals surface area contributed by atoms with E-state index in [0.717, 1.165) is 25.2 Å². The Morgan fingerprint density at radius 3 is 2.33 bits per heavy atom. The highest BCUT2D eigenvalue weighted by molar-refractivity contribution is 6.09. The lowest BCUT2D eigenvalue weighted by atomic mass is 10.1. The van der Waals surface area contributed by atoms with Crippen LogP contribution >= 0.6 is 0 Å². The van der Waals surface area contributed by atoms with Gasteiger partial charge in [0.2, 0.25) is 6.79 Å². The average molecular weight is 368 g/mol. The van der Waals surface area contributed by atoms with Crippen LogP contribution in [0.3, 0.4) is 0 Å². The molecule has 1 aliphatic rings. The van der Waals surface area contributed by atoms with E-state index < -0.39 is 0 Å². The van der Waals surface area contributed by atoms with Crippen molar-refractivity contribution in [1.29, 1.82) is 0 Å². The molecule has 0 aliphatic carbocycles. The van der Waals surface area contributed by atoms with Crippen LogP contribution in [-0.4, -0.2) is 31.6 Å². The van der Waals surface area contributed by atoms with Gasteiger partial charge in [-0.2, -0.15) is 0 Å². The maximum absolute atomic E-state index is 12.7. The summed E-state index contributed by atoms with van der Waals surface area (Å²) >= 11 is 0. The molecule has 0 saturated carbocycles. The van der Waals surface area contributed by atoms with Crippen molar-refractivity contribution >= 4 is 23.1 Å². The zero-order valence-corrected chi connectivity index (χ0v) is 15.9. The van der Waals surface area contributed by atoms with Crippen LogP contribution in [0, 0.1) is 0 Å². The van der Waals surface area contributed by atoms with E-state index in [1.54, 1.807) is 24.3 Å². The Labute approximate surface area is 159 Å². The van der Waals surface area contributed by atoms with Crippen LogP contribution in [0.1, 0.15) is 47.9 Å².